The highest BCUT2D eigenvalue weighted by atomic mass is 79.9. The molecule has 5 heteroatoms. The van der Waals surface area contributed by atoms with Gasteiger partial charge in [0, 0.05) is 36.7 Å². The Morgan fingerprint density at radius 3 is 2.18 bits per heavy atom. The number of rotatable bonds is 2. The third-order valence-corrected chi connectivity index (χ3v) is 3.58. The second-order valence-electron chi connectivity index (χ2n) is 4.01. The molecular formula is C12H19BrCl2N2. The van der Waals surface area contributed by atoms with Crippen LogP contribution in [0.4, 0.5) is 0 Å². The van der Waals surface area contributed by atoms with E-state index in [1.807, 2.05) is 0 Å². The van der Waals surface area contributed by atoms with Crippen LogP contribution in [0.1, 0.15) is 18.5 Å². The Morgan fingerprint density at radius 1 is 1.12 bits per heavy atom. The number of piperazine rings is 1. The quantitative estimate of drug-likeness (QED) is 0.888. The molecule has 1 aromatic rings. The van der Waals surface area contributed by atoms with Crippen LogP contribution in [0.3, 0.4) is 0 Å². The Kier molecular flexibility index (Phi) is 8.43. The summed E-state index contributed by atoms with van der Waals surface area (Å²) in [5.41, 5.74) is 1.40. The van der Waals surface area contributed by atoms with Crippen LogP contribution in [0.2, 0.25) is 0 Å². The average Bonchev–Trinajstić information content (AvgIpc) is 2.30. The summed E-state index contributed by atoms with van der Waals surface area (Å²) in [5, 5.41) is 3.38. The molecule has 1 aromatic carbocycles. The molecule has 0 radical (unpaired) electrons. The van der Waals surface area contributed by atoms with E-state index in [0.717, 1.165) is 30.7 Å². The number of nitrogens with zero attached hydrogens (tertiary/aromatic N) is 1. The Bertz CT molecular complexity index is 313. The van der Waals surface area contributed by atoms with Gasteiger partial charge in [-0.2, -0.15) is 0 Å². The molecule has 2 nitrogen and oxygen atoms in total. The molecule has 1 aliphatic rings. The average molecular weight is 342 g/mol. The van der Waals surface area contributed by atoms with Gasteiger partial charge in [0.15, 0.2) is 0 Å². The number of halogens is 3. The van der Waals surface area contributed by atoms with E-state index in [4.69, 9.17) is 0 Å². The van der Waals surface area contributed by atoms with Gasteiger partial charge in [-0.25, -0.2) is 0 Å². The molecule has 98 valence electrons. The smallest absolute Gasteiger partial charge is 0.0320 e. The van der Waals surface area contributed by atoms with Gasteiger partial charge in [0.1, 0.15) is 0 Å². The zero-order valence-corrected chi connectivity index (χ0v) is 13.1. The lowest BCUT2D eigenvalue weighted by Gasteiger charge is -2.33. The van der Waals surface area contributed by atoms with Crippen LogP contribution < -0.4 is 5.32 Å². The summed E-state index contributed by atoms with van der Waals surface area (Å²) < 4.78 is 1.15. The molecule has 1 atom stereocenters. The van der Waals surface area contributed by atoms with Gasteiger partial charge in [0.25, 0.3) is 0 Å². The standard InChI is InChI=1S/C12H17BrN2.2ClH/c1-10(15-8-6-14-7-9-15)11-2-4-12(13)5-3-11;;/h2-5,10,14H,6-9H2,1H3;2*1H/t10-;;/m1../s1. The molecule has 17 heavy (non-hydrogen) atoms. The fourth-order valence-corrected chi connectivity index (χ4v) is 2.29. The third kappa shape index (κ3) is 4.76. The molecule has 2 rings (SSSR count). The fraction of sp³-hybridized carbons (Fsp3) is 0.500. The SMILES string of the molecule is C[C@H](c1ccc(Br)cc1)N1CCNCC1.Cl.Cl. The van der Waals surface area contributed by atoms with Crippen molar-refractivity contribution in [3.63, 3.8) is 0 Å². The minimum Gasteiger partial charge on any atom is -0.314 e. The zero-order chi connectivity index (χ0) is 10.7. The molecule has 1 heterocycles. The minimum atomic E-state index is 0. The molecule has 0 aromatic heterocycles. The van der Waals surface area contributed by atoms with E-state index in [-0.39, 0.29) is 24.8 Å². The summed E-state index contributed by atoms with van der Waals surface area (Å²) in [6, 6.07) is 9.18. The van der Waals surface area contributed by atoms with Crippen molar-refractivity contribution in [2.24, 2.45) is 0 Å². The monoisotopic (exact) mass is 340 g/mol. The molecule has 1 N–H and O–H groups in total. The Morgan fingerprint density at radius 2 is 1.65 bits per heavy atom. The molecule has 0 amide bonds. The largest absolute Gasteiger partial charge is 0.314 e. The molecule has 0 unspecified atom stereocenters. The predicted molar refractivity (Wildman–Crippen MR) is 81.5 cm³/mol. The summed E-state index contributed by atoms with van der Waals surface area (Å²) in [5.74, 6) is 0. The van der Waals surface area contributed by atoms with Crippen molar-refractivity contribution in [2.45, 2.75) is 13.0 Å². The molecular weight excluding hydrogens is 323 g/mol. The first-order valence-electron chi connectivity index (χ1n) is 5.47. The van der Waals surface area contributed by atoms with Crippen molar-refractivity contribution in [3.8, 4) is 0 Å². The van der Waals surface area contributed by atoms with Crippen LogP contribution in [0, 0.1) is 0 Å². The third-order valence-electron chi connectivity index (χ3n) is 3.05. The Hall–Kier alpha value is 0.200. The Balaban J connectivity index is 0.00000128. The predicted octanol–water partition coefficient (Wildman–Crippen LogP) is 3.26. The van der Waals surface area contributed by atoms with Gasteiger partial charge in [0.2, 0.25) is 0 Å². The van der Waals surface area contributed by atoms with Gasteiger partial charge in [0.05, 0.1) is 0 Å². The first-order valence-corrected chi connectivity index (χ1v) is 6.27. The highest BCUT2D eigenvalue weighted by molar-refractivity contribution is 9.10. The number of hydrogen-bond acceptors (Lipinski definition) is 2. The molecule has 1 aliphatic heterocycles. The van der Waals surface area contributed by atoms with Crippen molar-refractivity contribution in [2.75, 3.05) is 26.2 Å². The topological polar surface area (TPSA) is 15.3 Å². The number of benzene rings is 1. The summed E-state index contributed by atoms with van der Waals surface area (Å²) in [6.07, 6.45) is 0. The first kappa shape index (κ1) is 17.2. The van der Waals surface area contributed by atoms with Crippen molar-refractivity contribution in [1.29, 1.82) is 0 Å². The highest BCUT2D eigenvalue weighted by Gasteiger charge is 2.17. The second kappa shape index (κ2) is 8.33. The van der Waals surface area contributed by atoms with E-state index in [9.17, 15) is 0 Å². The lowest BCUT2D eigenvalue weighted by Crippen LogP contribution is -2.44. The van der Waals surface area contributed by atoms with Crippen LogP contribution in [-0.2, 0) is 0 Å². The van der Waals surface area contributed by atoms with E-state index < -0.39 is 0 Å². The summed E-state index contributed by atoms with van der Waals surface area (Å²) in [6.45, 7) is 6.81. The number of nitrogens with one attached hydrogen (secondary N) is 1. The number of hydrogen-bond donors (Lipinski definition) is 1. The van der Waals surface area contributed by atoms with E-state index in [1.165, 1.54) is 5.56 Å². The fourth-order valence-electron chi connectivity index (χ4n) is 2.02. The lowest BCUT2D eigenvalue weighted by molar-refractivity contribution is 0.185. The molecule has 1 fully saturated rings. The zero-order valence-electron chi connectivity index (χ0n) is 9.86. The van der Waals surface area contributed by atoms with Crippen molar-refractivity contribution >= 4 is 40.7 Å². The van der Waals surface area contributed by atoms with Crippen LogP contribution in [0.15, 0.2) is 28.7 Å². The molecule has 0 bridgehead atoms. The van der Waals surface area contributed by atoms with Gasteiger partial charge in [-0.3, -0.25) is 4.90 Å². The van der Waals surface area contributed by atoms with Crippen LogP contribution >= 0.6 is 40.7 Å². The molecule has 0 aliphatic carbocycles. The lowest BCUT2D eigenvalue weighted by atomic mass is 10.1. The molecule has 0 saturated carbocycles. The van der Waals surface area contributed by atoms with Crippen LogP contribution in [0.25, 0.3) is 0 Å². The van der Waals surface area contributed by atoms with Crippen molar-refractivity contribution in [1.82, 2.24) is 10.2 Å². The summed E-state index contributed by atoms with van der Waals surface area (Å²) >= 11 is 3.47. The maximum atomic E-state index is 3.47. The Labute approximate surface area is 124 Å². The normalized spacial score (nSPS) is 17.8. The van der Waals surface area contributed by atoms with E-state index in [0.29, 0.717) is 6.04 Å². The van der Waals surface area contributed by atoms with Gasteiger partial charge < -0.3 is 5.32 Å². The molecule has 0 spiro atoms. The second-order valence-corrected chi connectivity index (χ2v) is 4.93. The maximum absolute atomic E-state index is 3.47. The summed E-state index contributed by atoms with van der Waals surface area (Å²) in [7, 11) is 0. The van der Waals surface area contributed by atoms with E-state index in [1.54, 1.807) is 0 Å². The van der Waals surface area contributed by atoms with Crippen molar-refractivity contribution in [3.05, 3.63) is 34.3 Å². The van der Waals surface area contributed by atoms with Gasteiger partial charge in [-0.05, 0) is 24.6 Å². The first-order chi connectivity index (χ1) is 7.27. The van der Waals surface area contributed by atoms with E-state index in [2.05, 4.69) is 57.3 Å². The van der Waals surface area contributed by atoms with Gasteiger partial charge in [-0.1, -0.05) is 28.1 Å². The summed E-state index contributed by atoms with van der Waals surface area (Å²) in [4.78, 5) is 2.53. The van der Waals surface area contributed by atoms with Gasteiger partial charge in [-0.15, -0.1) is 24.8 Å². The molecule has 1 saturated heterocycles. The maximum Gasteiger partial charge on any atom is 0.0320 e. The van der Waals surface area contributed by atoms with Crippen LogP contribution in [0.5, 0.6) is 0 Å². The van der Waals surface area contributed by atoms with Gasteiger partial charge >= 0.3 is 0 Å². The van der Waals surface area contributed by atoms with Crippen LogP contribution in [-0.4, -0.2) is 31.1 Å². The van der Waals surface area contributed by atoms with E-state index >= 15 is 0 Å². The minimum absolute atomic E-state index is 0. The van der Waals surface area contributed by atoms with Crippen molar-refractivity contribution < 1.29 is 0 Å². The highest BCUT2D eigenvalue weighted by Crippen LogP contribution is 2.22.